The zero-order valence-corrected chi connectivity index (χ0v) is 16.4. The number of anilines is 1. The minimum absolute atomic E-state index is 0.0932. The molecule has 8 heteroatoms. The molecular formula is C18H21N3O3S2. The zero-order valence-electron chi connectivity index (χ0n) is 14.8. The monoisotopic (exact) mass is 391 g/mol. The summed E-state index contributed by atoms with van der Waals surface area (Å²) in [6.07, 6.45) is 1.82. The molecule has 0 aliphatic carbocycles. The fraction of sp³-hybridized carbons (Fsp3) is 0.444. The first-order chi connectivity index (χ1) is 12.3. The number of piperidine rings is 1. The second kappa shape index (κ2) is 6.44. The number of hydrogen-bond donors (Lipinski definition) is 1. The summed E-state index contributed by atoms with van der Waals surface area (Å²) < 4.78 is 27.5. The van der Waals surface area contributed by atoms with Gasteiger partial charge in [-0.05, 0) is 50.5 Å². The minimum atomic E-state index is -3.53. The maximum atomic E-state index is 13.0. The van der Waals surface area contributed by atoms with E-state index in [1.165, 1.54) is 4.88 Å². The third-order valence-electron chi connectivity index (χ3n) is 5.19. The van der Waals surface area contributed by atoms with Gasteiger partial charge < -0.3 is 5.32 Å². The molecule has 2 aliphatic rings. The Labute approximate surface area is 157 Å². The number of nitrogens with one attached hydrogen (secondary N) is 1. The smallest absolute Gasteiger partial charge is 0.243 e. The van der Waals surface area contributed by atoms with Crippen molar-refractivity contribution in [3.05, 3.63) is 39.3 Å². The molecule has 0 spiro atoms. The Morgan fingerprint density at radius 3 is 2.62 bits per heavy atom. The number of carbonyl (C=O) groups excluding carboxylic acids is 1. The second-order valence-electron chi connectivity index (χ2n) is 6.92. The van der Waals surface area contributed by atoms with E-state index in [4.69, 9.17) is 0 Å². The van der Waals surface area contributed by atoms with Gasteiger partial charge in [0.15, 0.2) is 0 Å². The van der Waals surface area contributed by atoms with Gasteiger partial charge in [0.2, 0.25) is 15.9 Å². The molecular weight excluding hydrogens is 370 g/mol. The average Bonchev–Trinajstić information content (AvgIpc) is 3.15. The summed E-state index contributed by atoms with van der Waals surface area (Å²) in [6, 6.07) is 4.89. The lowest BCUT2D eigenvalue weighted by molar-refractivity contribution is -0.115. The Morgan fingerprint density at radius 2 is 1.96 bits per heavy atom. The Kier molecular flexibility index (Phi) is 4.37. The van der Waals surface area contributed by atoms with E-state index in [9.17, 15) is 13.2 Å². The maximum Gasteiger partial charge on any atom is 0.243 e. The van der Waals surface area contributed by atoms with E-state index in [2.05, 4.69) is 17.2 Å². The van der Waals surface area contributed by atoms with Crippen LogP contribution in [-0.4, -0.2) is 36.7 Å². The molecule has 2 aliphatic heterocycles. The van der Waals surface area contributed by atoms with Crippen molar-refractivity contribution in [3.63, 3.8) is 0 Å². The number of hydrogen-bond acceptors (Lipinski definition) is 5. The molecule has 0 radical (unpaired) electrons. The van der Waals surface area contributed by atoms with Crippen LogP contribution in [0.15, 0.2) is 23.1 Å². The van der Waals surface area contributed by atoms with Crippen molar-refractivity contribution in [2.24, 2.45) is 0 Å². The van der Waals surface area contributed by atoms with Crippen LogP contribution in [0.4, 0.5) is 5.69 Å². The van der Waals surface area contributed by atoms with Crippen LogP contribution in [0.5, 0.6) is 0 Å². The molecule has 0 saturated carbocycles. The second-order valence-corrected chi connectivity index (χ2v) is 10.1. The number of carbonyl (C=O) groups is 1. The van der Waals surface area contributed by atoms with Gasteiger partial charge in [0.05, 0.1) is 22.0 Å². The third kappa shape index (κ3) is 3.06. The van der Waals surface area contributed by atoms with E-state index >= 15 is 0 Å². The number of benzene rings is 1. The Bertz CT molecular complexity index is 954. The van der Waals surface area contributed by atoms with E-state index < -0.39 is 10.0 Å². The van der Waals surface area contributed by atoms with Crippen LogP contribution in [0.25, 0.3) is 0 Å². The fourth-order valence-electron chi connectivity index (χ4n) is 3.53. The molecule has 4 rings (SSSR count). The first-order valence-electron chi connectivity index (χ1n) is 8.71. The SMILES string of the molecule is Cc1nc(C2CCN(S(=O)(=O)c3ccc4c(c3)CC(=O)N4)CC2)sc1C. The van der Waals surface area contributed by atoms with Crippen LogP contribution in [0.2, 0.25) is 0 Å². The number of nitrogens with zero attached hydrogens (tertiary/aromatic N) is 2. The van der Waals surface area contributed by atoms with Crippen molar-refractivity contribution in [2.75, 3.05) is 18.4 Å². The highest BCUT2D eigenvalue weighted by atomic mass is 32.2. The van der Waals surface area contributed by atoms with Crippen molar-refractivity contribution in [1.82, 2.24) is 9.29 Å². The molecule has 1 aromatic carbocycles. The van der Waals surface area contributed by atoms with Gasteiger partial charge in [0.25, 0.3) is 0 Å². The Balaban J connectivity index is 1.50. The van der Waals surface area contributed by atoms with E-state index in [0.717, 1.165) is 29.1 Å². The van der Waals surface area contributed by atoms with Crippen LogP contribution in [0.1, 0.15) is 39.9 Å². The summed E-state index contributed by atoms with van der Waals surface area (Å²) in [5.41, 5.74) is 2.53. The molecule has 1 N–H and O–H groups in total. The number of thiazole rings is 1. The highest BCUT2D eigenvalue weighted by molar-refractivity contribution is 7.89. The molecule has 0 unspecified atom stereocenters. The number of amides is 1. The summed E-state index contributed by atoms with van der Waals surface area (Å²) in [6.45, 7) is 5.09. The summed E-state index contributed by atoms with van der Waals surface area (Å²) in [5.74, 6) is 0.241. The molecule has 2 aromatic rings. The first-order valence-corrected chi connectivity index (χ1v) is 11.0. The lowest BCUT2D eigenvalue weighted by Gasteiger charge is -2.30. The molecule has 0 atom stereocenters. The van der Waals surface area contributed by atoms with Gasteiger partial charge in [-0.2, -0.15) is 4.31 Å². The van der Waals surface area contributed by atoms with Gasteiger partial charge in [-0.1, -0.05) is 0 Å². The van der Waals surface area contributed by atoms with Crippen molar-refractivity contribution < 1.29 is 13.2 Å². The number of aryl methyl sites for hydroxylation is 2. The van der Waals surface area contributed by atoms with Gasteiger partial charge in [-0.15, -0.1) is 11.3 Å². The highest BCUT2D eigenvalue weighted by Gasteiger charge is 2.32. The van der Waals surface area contributed by atoms with Crippen molar-refractivity contribution >= 4 is 33.0 Å². The topological polar surface area (TPSA) is 79.4 Å². The molecule has 6 nitrogen and oxygen atoms in total. The molecule has 26 heavy (non-hydrogen) atoms. The molecule has 0 bridgehead atoms. The minimum Gasteiger partial charge on any atom is -0.326 e. The normalized spacial score (nSPS) is 18.8. The van der Waals surface area contributed by atoms with E-state index in [0.29, 0.717) is 24.7 Å². The van der Waals surface area contributed by atoms with Gasteiger partial charge in [0.1, 0.15) is 0 Å². The first kappa shape index (κ1) is 17.6. The quantitative estimate of drug-likeness (QED) is 0.873. The van der Waals surface area contributed by atoms with Crippen molar-refractivity contribution in [3.8, 4) is 0 Å². The standard InChI is InChI=1S/C18H21N3O3S2/c1-11-12(2)25-18(19-11)13-5-7-21(8-6-13)26(23,24)15-3-4-16-14(9-15)10-17(22)20-16/h3-4,9,13H,5-8,10H2,1-2H3,(H,20,22). The molecule has 3 heterocycles. The molecule has 1 saturated heterocycles. The zero-order chi connectivity index (χ0) is 18.5. The van der Waals surface area contributed by atoms with Gasteiger partial charge in [0, 0.05) is 29.6 Å². The van der Waals surface area contributed by atoms with Crippen LogP contribution >= 0.6 is 11.3 Å². The largest absolute Gasteiger partial charge is 0.326 e. The maximum absolute atomic E-state index is 13.0. The summed E-state index contributed by atoms with van der Waals surface area (Å²) in [4.78, 5) is 17.6. The third-order valence-corrected chi connectivity index (χ3v) is 8.32. The van der Waals surface area contributed by atoms with Gasteiger partial charge in [-0.3, -0.25) is 4.79 Å². The Hall–Kier alpha value is -1.77. The summed E-state index contributed by atoms with van der Waals surface area (Å²) in [5, 5.41) is 3.86. The lowest BCUT2D eigenvalue weighted by atomic mass is 9.99. The predicted octanol–water partition coefficient (Wildman–Crippen LogP) is 2.82. The van der Waals surface area contributed by atoms with Gasteiger partial charge in [-0.25, -0.2) is 13.4 Å². The van der Waals surface area contributed by atoms with Crippen LogP contribution in [-0.2, 0) is 21.2 Å². The van der Waals surface area contributed by atoms with E-state index in [-0.39, 0.29) is 17.2 Å². The molecule has 138 valence electrons. The number of rotatable bonds is 3. The molecule has 1 amide bonds. The highest BCUT2D eigenvalue weighted by Crippen LogP contribution is 2.34. The summed E-state index contributed by atoms with van der Waals surface area (Å²) in [7, 11) is -3.53. The van der Waals surface area contributed by atoms with Crippen molar-refractivity contribution in [1.29, 1.82) is 0 Å². The van der Waals surface area contributed by atoms with Crippen LogP contribution in [0.3, 0.4) is 0 Å². The van der Waals surface area contributed by atoms with Gasteiger partial charge >= 0.3 is 0 Å². The number of aromatic nitrogens is 1. The van der Waals surface area contributed by atoms with E-state index in [1.54, 1.807) is 33.8 Å². The van der Waals surface area contributed by atoms with Crippen LogP contribution in [0, 0.1) is 13.8 Å². The average molecular weight is 392 g/mol. The Morgan fingerprint density at radius 1 is 1.23 bits per heavy atom. The van der Waals surface area contributed by atoms with E-state index in [1.807, 2.05) is 6.92 Å². The van der Waals surface area contributed by atoms with Crippen LogP contribution < -0.4 is 5.32 Å². The lowest BCUT2D eigenvalue weighted by Crippen LogP contribution is -2.37. The van der Waals surface area contributed by atoms with Crippen molar-refractivity contribution in [2.45, 2.75) is 43.9 Å². The number of fused-ring (bicyclic) bond motifs is 1. The predicted molar refractivity (Wildman–Crippen MR) is 101 cm³/mol. The molecule has 1 aromatic heterocycles. The number of sulfonamides is 1. The fourth-order valence-corrected chi connectivity index (χ4v) is 6.14. The summed E-state index contributed by atoms with van der Waals surface area (Å²) >= 11 is 1.72. The molecule has 1 fully saturated rings.